The van der Waals surface area contributed by atoms with Gasteiger partial charge in [-0.1, -0.05) is 48.9 Å². The molecule has 0 heterocycles. The van der Waals surface area contributed by atoms with Gasteiger partial charge >= 0.3 is 0 Å². The molecule has 0 spiro atoms. The molecule has 0 unspecified atom stereocenters. The molecule has 0 radical (unpaired) electrons. The van der Waals surface area contributed by atoms with Gasteiger partial charge in [-0.15, -0.1) is 0 Å². The fourth-order valence-corrected chi connectivity index (χ4v) is 9.54. The third-order valence-corrected chi connectivity index (χ3v) is 11.3. The molecule has 0 N–H and O–H groups in total. The predicted octanol–water partition coefficient (Wildman–Crippen LogP) is 7.98. The molecule has 0 bridgehead atoms. The van der Waals surface area contributed by atoms with E-state index in [-0.39, 0.29) is 0 Å². The van der Waals surface area contributed by atoms with E-state index in [1.165, 1.54) is 64.2 Å². The van der Waals surface area contributed by atoms with E-state index in [1.807, 2.05) is 0 Å². The van der Waals surface area contributed by atoms with Crippen LogP contribution in [0.3, 0.4) is 0 Å². The first-order valence-electron chi connectivity index (χ1n) is 13.3. The minimum atomic E-state index is 0.292. The molecular formula is C29H46O2S. The fraction of sp³-hybridized carbons (Fsp3) is 0.828. The number of carbonyl (C=O) groups is 1. The fourth-order valence-electron chi connectivity index (χ4n) is 8.57. The topological polar surface area (TPSA) is 26.3 Å². The number of allylic oxidation sites excluding steroid dienone is 4. The van der Waals surface area contributed by atoms with Crippen molar-refractivity contribution in [2.24, 2.45) is 34.5 Å². The smallest absolute Gasteiger partial charge is 0.186 e. The Labute approximate surface area is 201 Å². The van der Waals surface area contributed by atoms with Crippen molar-refractivity contribution in [2.45, 2.75) is 104 Å². The molecule has 0 aromatic carbocycles. The van der Waals surface area contributed by atoms with Crippen molar-refractivity contribution in [3.63, 3.8) is 0 Å². The summed E-state index contributed by atoms with van der Waals surface area (Å²) in [6.45, 7) is 10.3. The highest BCUT2D eigenvalue weighted by Gasteiger charge is 2.58. The van der Waals surface area contributed by atoms with E-state index >= 15 is 0 Å². The lowest BCUT2D eigenvalue weighted by Crippen LogP contribution is -2.50. The third kappa shape index (κ3) is 4.54. The highest BCUT2D eigenvalue weighted by Crippen LogP contribution is 2.67. The van der Waals surface area contributed by atoms with Crippen LogP contribution in [0.4, 0.5) is 0 Å². The number of fused-ring (bicyclic) bond motifs is 5. The summed E-state index contributed by atoms with van der Waals surface area (Å²) in [4.78, 5) is 11.7. The van der Waals surface area contributed by atoms with E-state index in [0.29, 0.717) is 21.2 Å². The van der Waals surface area contributed by atoms with Crippen molar-refractivity contribution in [1.82, 2.24) is 0 Å². The summed E-state index contributed by atoms with van der Waals surface area (Å²) in [7, 11) is 1.80. The first-order valence-corrected chi connectivity index (χ1v) is 14.2. The summed E-state index contributed by atoms with van der Waals surface area (Å²) < 4.78 is 5.21. The highest BCUT2D eigenvalue weighted by atomic mass is 32.2. The largest absolute Gasteiger partial charge is 0.385 e. The van der Waals surface area contributed by atoms with Gasteiger partial charge in [0.25, 0.3) is 0 Å². The molecule has 180 valence electrons. The molecule has 4 rings (SSSR count). The Hall–Kier alpha value is -0.540. The van der Waals surface area contributed by atoms with Gasteiger partial charge in [0.2, 0.25) is 0 Å². The minimum absolute atomic E-state index is 0.292. The number of unbranched alkanes of at least 4 members (excludes halogenated alkanes) is 2. The number of ether oxygens (including phenoxy) is 1. The van der Waals surface area contributed by atoms with Crippen molar-refractivity contribution in [2.75, 3.05) is 13.7 Å². The first kappa shape index (κ1) is 24.6. The Morgan fingerprint density at radius 3 is 2.69 bits per heavy atom. The van der Waals surface area contributed by atoms with Crippen LogP contribution in [0.2, 0.25) is 0 Å². The van der Waals surface area contributed by atoms with Crippen LogP contribution in [0.1, 0.15) is 98.3 Å². The van der Waals surface area contributed by atoms with Crippen molar-refractivity contribution in [3.05, 3.63) is 23.3 Å². The van der Waals surface area contributed by atoms with Crippen molar-refractivity contribution in [3.8, 4) is 0 Å². The maximum absolute atomic E-state index is 11.7. The molecule has 4 aliphatic rings. The van der Waals surface area contributed by atoms with Crippen molar-refractivity contribution >= 4 is 16.9 Å². The zero-order valence-corrected chi connectivity index (χ0v) is 22.1. The molecule has 3 saturated carbocycles. The Balaban J connectivity index is 1.46. The lowest BCUT2D eigenvalue weighted by Gasteiger charge is -2.58. The van der Waals surface area contributed by atoms with Gasteiger partial charge in [0, 0.05) is 25.9 Å². The second-order valence-corrected chi connectivity index (χ2v) is 13.3. The summed E-state index contributed by atoms with van der Waals surface area (Å²) in [5.74, 6) is 3.42. The lowest BCUT2D eigenvalue weighted by atomic mass is 9.47. The van der Waals surface area contributed by atoms with E-state index in [9.17, 15) is 4.79 Å². The molecule has 3 fully saturated rings. The Morgan fingerprint density at radius 2 is 1.94 bits per heavy atom. The van der Waals surface area contributed by atoms with Gasteiger partial charge in [-0.25, -0.2) is 0 Å². The monoisotopic (exact) mass is 458 g/mol. The quantitative estimate of drug-likeness (QED) is 0.286. The van der Waals surface area contributed by atoms with Crippen LogP contribution in [0.25, 0.3) is 0 Å². The lowest BCUT2D eigenvalue weighted by molar-refractivity contribution is -0.109. The molecule has 2 nitrogen and oxygen atoms in total. The van der Waals surface area contributed by atoms with Gasteiger partial charge in [-0.05, 0) is 112 Å². The van der Waals surface area contributed by atoms with E-state index in [0.717, 1.165) is 36.7 Å². The van der Waals surface area contributed by atoms with E-state index < -0.39 is 0 Å². The highest BCUT2D eigenvalue weighted by molar-refractivity contribution is 8.14. The van der Waals surface area contributed by atoms with Gasteiger partial charge in [0.05, 0.1) is 0 Å². The molecule has 0 amide bonds. The Bertz CT molecular complexity index is 754. The summed E-state index contributed by atoms with van der Waals surface area (Å²) in [6, 6.07) is 0. The van der Waals surface area contributed by atoms with Crippen LogP contribution in [-0.2, 0) is 9.53 Å². The van der Waals surface area contributed by atoms with Gasteiger partial charge < -0.3 is 4.74 Å². The normalized spacial score (nSPS) is 41.5. The zero-order valence-electron chi connectivity index (χ0n) is 21.3. The number of thioether (sulfide) groups is 1. The average Bonchev–Trinajstić information content (AvgIpc) is 3.10. The predicted molar refractivity (Wildman–Crippen MR) is 137 cm³/mol. The molecular weight excluding hydrogens is 412 g/mol. The molecule has 0 aromatic heterocycles. The number of carbonyl (C=O) groups excluding carboxylic acids is 1. The number of rotatable bonds is 7. The van der Waals surface area contributed by atoms with Crippen molar-refractivity contribution in [1.29, 1.82) is 0 Å². The SMILES string of the molecule is COCCCC/C=C(\C)[C@H]1CC[C@H]2[C@@H]3CC=C4C[C@@H](SC(C)=O)CC[C@]4(C)[C@H]3CC[C@]12C. The van der Waals surface area contributed by atoms with E-state index in [2.05, 4.69) is 32.9 Å². The summed E-state index contributed by atoms with van der Waals surface area (Å²) >= 11 is 1.60. The van der Waals surface area contributed by atoms with E-state index in [4.69, 9.17) is 4.74 Å². The molecule has 0 aliphatic heterocycles. The average molecular weight is 459 g/mol. The molecule has 0 saturated heterocycles. The molecule has 4 aliphatic carbocycles. The van der Waals surface area contributed by atoms with Crippen LogP contribution < -0.4 is 0 Å². The second-order valence-electron chi connectivity index (χ2n) is 11.8. The maximum Gasteiger partial charge on any atom is 0.186 e. The second kappa shape index (κ2) is 9.98. The van der Waals surface area contributed by atoms with Gasteiger partial charge in [-0.3, -0.25) is 4.79 Å². The number of hydrogen-bond acceptors (Lipinski definition) is 3. The summed E-state index contributed by atoms with van der Waals surface area (Å²) in [5.41, 5.74) is 4.26. The summed E-state index contributed by atoms with van der Waals surface area (Å²) in [6.07, 6.45) is 19.4. The van der Waals surface area contributed by atoms with Gasteiger partial charge in [-0.2, -0.15) is 0 Å². The number of hydrogen-bond donors (Lipinski definition) is 0. The van der Waals surface area contributed by atoms with Gasteiger partial charge in [0.1, 0.15) is 0 Å². The van der Waals surface area contributed by atoms with Crippen molar-refractivity contribution < 1.29 is 9.53 Å². The van der Waals surface area contributed by atoms with Crippen LogP contribution in [0.5, 0.6) is 0 Å². The van der Waals surface area contributed by atoms with Gasteiger partial charge in [0.15, 0.2) is 5.12 Å². The third-order valence-electron chi connectivity index (χ3n) is 10.2. The minimum Gasteiger partial charge on any atom is -0.385 e. The molecule has 3 heteroatoms. The molecule has 0 aromatic rings. The standard InChI is InChI=1S/C29H46O2S/c1-20(9-7-6-8-18-31-5)25-12-13-26-24-11-10-22-19-23(32-21(2)30)14-16-28(22,3)27(24)15-17-29(25,26)4/h9-10,23-27H,6-8,11-19H2,1-5H3/b20-9+/t23-,24-,25+,26-,27-,28-,29+/m0/s1. The van der Waals surface area contributed by atoms with Crippen LogP contribution in [0, 0.1) is 34.5 Å². The van der Waals surface area contributed by atoms with Crippen LogP contribution >= 0.6 is 11.8 Å². The molecule has 7 atom stereocenters. The Kier molecular flexibility index (Phi) is 7.67. The zero-order chi connectivity index (χ0) is 22.9. The maximum atomic E-state index is 11.7. The van der Waals surface area contributed by atoms with E-state index in [1.54, 1.807) is 36.9 Å². The van der Waals surface area contributed by atoms with Crippen LogP contribution in [-0.4, -0.2) is 24.1 Å². The first-order chi connectivity index (χ1) is 15.3. The molecule has 32 heavy (non-hydrogen) atoms. The Morgan fingerprint density at radius 1 is 1.12 bits per heavy atom. The number of methoxy groups -OCH3 is 1. The summed E-state index contributed by atoms with van der Waals surface area (Å²) in [5, 5.41) is 0.810. The van der Waals surface area contributed by atoms with Crippen LogP contribution in [0.15, 0.2) is 23.3 Å².